The molecule has 2 fully saturated rings. The van der Waals surface area contributed by atoms with Crippen LogP contribution in [-0.4, -0.2) is 88.4 Å². The predicted octanol–water partition coefficient (Wildman–Crippen LogP) is 0.752. The lowest BCUT2D eigenvalue weighted by molar-refractivity contribution is -0.181. The third-order valence-electron chi connectivity index (χ3n) is 8.40. The van der Waals surface area contributed by atoms with Crippen LogP contribution >= 0.6 is 11.6 Å². The van der Waals surface area contributed by atoms with Gasteiger partial charge in [0.1, 0.15) is 5.75 Å². The van der Waals surface area contributed by atoms with E-state index in [4.69, 9.17) is 17.3 Å². The van der Waals surface area contributed by atoms with Gasteiger partial charge in [-0.3, -0.25) is 28.9 Å². The molecule has 0 radical (unpaired) electrons. The number of primary amides is 1. The number of phenols is 1. The maximum Gasteiger partial charge on any atom is 0.235 e. The molecule has 0 aliphatic heterocycles. The van der Waals surface area contributed by atoms with Crippen molar-refractivity contribution in [3.63, 3.8) is 0 Å². The number of carbonyl (C=O) groups is 5. The molecular weight excluding hydrogens is 514 g/mol. The molecule has 4 N–H and O–H groups in total. The van der Waals surface area contributed by atoms with Gasteiger partial charge in [-0.05, 0) is 70.1 Å². The zero-order chi connectivity index (χ0) is 28.3. The van der Waals surface area contributed by atoms with Crippen molar-refractivity contribution in [3.05, 3.63) is 27.8 Å². The Kier molecular flexibility index (Phi) is 7.57. The summed E-state index contributed by atoms with van der Waals surface area (Å²) in [5, 5.41) is 22.8. The third kappa shape index (κ3) is 4.18. The van der Waals surface area contributed by atoms with Gasteiger partial charge in [-0.25, -0.2) is 0 Å². The van der Waals surface area contributed by atoms with E-state index in [0.717, 1.165) is 19.4 Å². The Morgan fingerprint density at radius 1 is 1.18 bits per heavy atom. The number of phenolic OH excluding ortho intramolecular Hbond substituents is 1. The minimum atomic E-state index is -2.74. The molecule has 1 aromatic carbocycles. The van der Waals surface area contributed by atoms with Crippen molar-refractivity contribution >= 4 is 40.6 Å². The molecule has 4 rings (SSSR count). The monoisotopic (exact) mass is 547 g/mol. The van der Waals surface area contributed by atoms with Gasteiger partial charge in [0.05, 0.1) is 17.5 Å². The molecule has 2 saturated carbocycles. The van der Waals surface area contributed by atoms with Crippen molar-refractivity contribution in [2.24, 2.45) is 29.4 Å². The highest BCUT2D eigenvalue weighted by Gasteiger charge is 2.69. The number of ketones is 4. The number of likely N-dealkylation sites (N-methyl/N-ethyl adjacent to an activating group) is 1. The van der Waals surface area contributed by atoms with Crippen molar-refractivity contribution in [3.8, 4) is 5.75 Å². The molecule has 10 nitrogen and oxygen atoms in total. The van der Waals surface area contributed by atoms with Crippen LogP contribution < -0.4 is 5.73 Å². The van der Waals surface area contributed by atoms with Crippen LogP contribution in [0.1, 0.15) is 47.7 Å². The number of amides is 1. The zero-order valence-electron chi connectivity index (χ0n) is 22.0. The van der Waals surface area contributed by atoms with Crippen LogP contribution in [0.5, 0.6) is 5.75 Å². The molecule has 2 unspecified atom stereocenters. The molecule has 0 spiro atoms. The highest BCUT2D eigenvalue weighted by Crippen LogP contribution is 2.51. The maximum atomic E-state index is 13.8. The van der Waals surface area contributed by atoms with Crippen molar-refractivity contribution in [2.75, 3.05) is 27.7 Å². The van der Waals surface area contributed by atoms with Crippen molar-refractivity contribution in [2.45, 2.75) is 50.8 Å². The normalized spacial score (nSPS) is 30.9. The topological polar surface area (TPSA) is 158 Å². The summed E-state index contributed by atoms with van der Waals surface area (Å²) in [7, 11) is 5.03. The number of unbranched alkanes of at least 4 members (excludes halogenated alkanes) is 1. The van der Waals surface area contributed by atoms with Crippen LogP contribution in [0, 0.1) is 23.7 Å². The Morgan fingerprint density at radius 2 is 1.84 bits per heavy atom. The average Bonchev–Trinajstić information content (AvgIpc) is 2.82. The molecule has 0 aromatic heterocycles. The highest BCUT2D eigenvalue weighted by molar-refractivity contribution is 6.34. The van der Waals surface area contributed by atoms with Gasteiger partial charge in [0.2, 0.25) is 5.91 Å². The first kappa shape index (κ1) is 28.4. The summed E-state index contributed by atoms with van der Waals surface area (Å²) in [5.41, 5.74) is 3.56. The van der Waals surface area contributed by atoms with E-state index in [9.17, 15) is 34.2 Å². The fourth-order valence-electron chi connectivity index (χ4n) is 6.62. The van der Waals surface area contributed by atoms with E-state index in [0.29, 0.717) is 22.7 Å². The van der Waals surface area contributed by atoms with Crippen LogP contribution in [0.2, 0.25) is 5.02 Å². The number of aromatic hydroxyl groups is 1. The van der Waals surface area contributed by atoms with Gasteiger partial charge in [0.25, 0.3) is 0 Å². The Bertz CT molecular complexity index is 1230. The first-order chi connectivity index (χ1) is 17.8. The van der Waals surface area contributed by atoms with E-state index >= 15 is 0 Å². The first-order valence-corrected chi connectivity index (χ1v) is 13.2. The van der Waals surface area contributed by atoms with Gasteiger partial charge in [0, 0.05) is 17.5 Å². The molecule has 6 atom stereocenters. The smallest absolute Gasteiger partial charge is 0.235 e. The quantitative estimate of drug-likeness (QED) is 0.419. The molecule has 38 heavy (non-hydrogen) atoms. The molecule has 1 aromatic rings. The van der Waals surface area contributed by atoms with E-state index in [-0.39, 0.29) is 24.2 Å². The summed E-state index contributed by atoms with van der Waals surface area (Å²) in [4.78, 5) is 69.5. The van der Waals surface area contributed by atoms with E-state index in [2.05, 4.69) is 11.8 Å². The lowest BCUT2D eigenvalue weighted by Gasteiger charge is -2.52. The first-order valence-electron chi connectivity index (χ1n) is 12.8. The van der Waals surface area contributed by atoms with Crippen LogP contribution in [0.15, 0.2) is 6.07 Å². The van der Waals surface area contributed by atoms with E-state index in [1.165, 1.54) is 11.0 Å². The predicted molar refractivity (Wildman–Crippen MR) is 138 cm³/mol. The minimum Gasteiger partial charge on any atom is -0.507 e. The fraction of sp³-hybridized carbons (Fsp3) is 0.593. The molecule has 1 amide bonds. The van der Waals surface area contributed by atoms with Crippen molar-refractivity contribution in [1.29, 1.82) is 0 Å². The lowest BCUT2D eigenvalue weighted by Crippen LogP contribution is -2.74. The van der Waals surface area contributed by atoms with Gasteiger partial charge in [-0.15, -0.1) is 0 Å². The summed E-state index contributed by atoms with van der Waals surface area (Å²) < 4.78 is 0. The molecule has 206 valence electrons. The van der Waals surface area contributed by atoms with Gasteiger partial charge < -0.3 is 20.8 Å². The number of nitrogens with zero attached hydrogens (tertiary/aromatic N) is 2. The van der Waals surface area contributed by atoms with Gasteiger partial charge in [-0.1, -0.05) is 24.9 Å². The van der Waals surface area contributed by atoms with Crippen molar-refractivity contribution in [1.82, 2.24) is 9.80 Å². The number of carbonyl (C=O) groups excluding carboxylic acids is 5. The summed E-state index contributed by atoms with van der Waals surface area (Å²) in [6, 6.07) is 0.279. The summed E-state index contributed by atoms with van der Waals surface area (Å²) in [6.07, 6.45) is 2.14. The second-order valence-corrected chi connectivity index (χ2v) is 11.5. The number of hydrogen-bond acceptors (Lipinski definition) is 9. The number of aliphatic hydroxyl groups is 1. The Hall–Kier alpha value is -2.66. The summed E-state index contributed by atoms with van der Waals surface area (Å²) in [5.74, 6) is -10.7. The van der Waals surface area contributed by atoms with Crippen LogP contribution in [0.4, 0.5) is 0 Å². The lowest BCUT2D eigenvalue weighted by atomic mass is 9.52. The third-order valence-corrected chi connectivity index (χ3v) is 8.87. The minimum absolute atomic E-state index is 0.0123. The van der Waals surface area contributed by atoms with E-state index in [1.54, 1.807) is 14.1 Å². The Balaban J connectivity index is 1.78. The second-order valence-electron chi connectivity index (χ2n) is 11.1. The molecule has 3 aliphatic rings. The number of nitrogens with two attached hydrogens (primary N) is 1. The molecule has 11 heteroatoms. The van der Waals surface area contributed by atoms with Gasteiger partial charge in [-0.2, -0.15) is 0 Å². The molecule has 3 aliphatic carbocycles. The molecule has 0 heterocycles. The maximum absolute atomic E-state index is 13.8. The van der Waals surface area contributed by atoms with Gasteiger partial charge in [0.15, 0.2) is 34.7 Å². The standard InChI is InChI=1S/C27H34ClN3O7/c1-5-6-7-31(4)11-13-10-16(32)18-14(20(13)28)8-12-9-15-21(30(2)3)23(34)19(26(29)37)25(36)27(15,38)24(35)17(12)22(18)33/h10,12,15,17,19,21,32,38H,5-9,11H2,1-4H3,(H2,29,37)/t12-,15-,17?,19?,21-,27-/m0/s1. The van der Waals surface area contributed by atoms with Crippen molar-refractivity contribution < 1.29 is 34.2 Å². The molecule has 0 bridgehead atoms. The number of benzene rings is 1. The number of halogens is 1. The molecular formula is C27H34ClN3O7. The van der Waals surface area contributed by atoms with E-state index in [1.807, 2.05) is 7.05 Å². The Morgan fingerprint density at radius 3 is 2.42 bits per heavy atom. The highest BCUT2D eigenvalue weighted by atomic mass is 35.5. The second kappa shape index (κ2) is 10.1. The SMILES string of the molecule is CCCCN(C)Cc1cc(O)c2c(c1Cl)C[C@H]1C[C@H]3[C@H](N(C)C)C(=O)C(C(N)=O)C(=O)[C@@]3(O)C(=O)C1C2=O. The van der Waals surface area contributed by atoms with Gasteiger partial charge >= 0.3 is 0 Å². The number of hydrogen-bond donors (Lipinski definition) is 3. The largest absolute Gasteiger partial charge is 0.507 e. The van der Waals surface area contributed by atoms with E-state index < -0.39 is 64.4 Å². The summed E-state index contributed by atoms with van der Waals surface area (Å²) in [6.45, 7) is 3.36. The average molecular weight is 548 g/mol. The number of fused-ring (bicyclic) bond motifs is 3. The van der Waals surface area contributed by atoms with Crippen LogP contribution in [0.25, 0.3) is 0 Å². The van der Waals surface area contributed by atoms with Crippen LogP contribution in [0.3, 0.4) is 0 Å². The number of Topliss-reactive ketones (excluding diaryl/α,β-unsaturated/α-hetero) is 4. The summed E-state index contributed by atoms with van der Waals surface area (Å²) >= 11 is 6.76. The van der Waals surface area contributed by atoms with Crippen LogP contribution in [-0.2, 0) is 32.1 Å². The molecule has 0 saturated heterocycles. The Labute approximate surface area is 226 Å². The number of rotatable bonds is 7. The zero-order valence-corrected chi connectivity index (χ0v) is 22.7. The fourth-order valence-corrected chi connectivity index (χ4v) is 6.91.